The standard InChI is InChI=1S/C23H23NO2S/c25-22(24-16-23(26,19-13-14-19)20-12-7-15-27-20)21(17-8-3-1-4-9-17)18-10-5-2-6-11-18/h1-12,15,19,21,26H,13-14,16H2,(H,24,25). The maximum absolute atomic E-state index is 13.2. The van der Waals surface area contributed by atoms with Gasteiger partial charge in [0, 0.05) is 4.88 Å². The third-order valence-corrected chi connectivity index (χ3v) is 6.30. The second-order valence-electron chi connectivity index (χ2n) is 7.15. The van der Waals surface area contributed by atoms with Crippen LogP contribution in [0.25, 0.3) is 0 Å². The van der Waals surface area contributed by atoms with Gasteiger partial charge in [-0.1, -0.05) is 66.7 Å². The Kier molecular flexibility index (Phi) is 5.10. The van der Waals surface area contributed by atoms with E-state index in [0.29, 0.717) is 0 Å². The first-order valence-corrected chi connectivity index (χ1v) is 10.2. The van der Waals surface area contributed by atoms with Crippen LogP contribution in [0.5, 0.6) is 0 Å². The van der Waals surface area contributed by atoms with Crippen molar-refractivity contribution in [3.63, 3.8) is 0 Å². The molecule has 1 amide bonds. The van der Waals surface area contributed by atoms with Crippen molar-refractivity contribution in [1.29, 1.82) is 0 Å². The highest BCUT2D eigenvalue weighted by atomic mass is 32.1. The van der Waals surface area contributed by atoms with E-state index in [0.717, 1.165) is 28.8 Å². The van der Waals surface area contributed by atoms with Gasteiger partial charge >= 0.3 is 0 Å². The summed E-state index contributed by atoms with van der Waals surface area (Å²) in [6.07, 6.45) is 2.01. The van der Waals surface area contributed by atoms with Gasteiger partial charge in [0.25, 0.3) is 0 Å². The molecule has 27 heavy (non-hydrogen) atoms. The predicted molar refractivity (Wildman–Crippen MR) is 109 cm³/mol. The minimum absolute atomic E-state index is 0.0805. The second kappa shape index (κ2) is 7.67. The Hall–Kier alpha value is -2.43. The average molecular weight is 378 g/mol. The van der Waals surface area contributed by atoms with Crippen molar-refractivity contribution in [2.75, 3.05) is 6.54 Å². The number of nitrogens with one attached hydrogen (secondary N) is 1. The molecule has 1 aliphatic carbocycles. The SMILES string of the molecule is O=C(NCC(O)(c1cccs1)C1CC1)C(c1ccccc1)c1ccccc1. The molecule has 138 valence electrons. The Labute approximate surface area is 163 Å². The first-order valence-electron chi connectivity index (χ1n) is 9.32. The molecule has 1 fully saturated rings. The third kappa shape index (κ3) is 3.82. The fraction of sp³-hybridized carbons (Fsp3) is 0.261. The first-order chi connectivity index (χ1) is 13.2. The minimum Gasteiger partial charge on any atom is -0.382 e. The molecule has 3 nitrogen and oxygen atoms in total. The quantitative estimate of drug-likeness (QED) is 0.645. The van der Waals surface area contributed by atoms with E-state index >= 15 is 0 Å². The summed E-state index contributed by atoms with van der Waals surface area (Å²) in [5.41, 5.74) is 0.932. The molecule has 2 N–H and O–H groups in total. The average Bonchev–Trinajstić information content (AvgIpc) is 3.43. The zero-order valence-corrected chi connectivity index (χ0v) is 15.9. The molecule has 1 saturated carbocycles. The van der Waals surface area contributed by atoms with Crippen LogP contribution >= 0.6 is 11.3 Å². The van der Waals surface area contributed by atoms with Gasteiger partial charge < -0.3 is 10.4 Å². The lowest BCUT2D eigenvalue weighted by molar-refractivity contribution is -0.123. The Bertz CT molecular complexity index is 836. The van der Waals surface area contributed by atoms with Gasteiger partial charge in [0.05, 0.1) is 12.5 Å². The molecular weight excluding hydrogens is 354 g/mol. The zero-order valence-electron chi connectivity index (χ0n) is 15.0. The largest absolute Gasteiger partial charge is 0.382 e. The third-order valence-electron chi connectivity index (χ3n) is 5.26. The fourth-order valence-corrected chi connectivity index (χ4v) is 4.53. The normalized spacial score (nSPS) is 16.1. The topological polar surface area (TPSA) is 49.3 Å². The van der Waals surface area contributed by atoms with Crippen molar-refractivity contribution in [3.05, 3.63) is 94.2 Å². The summed E-state index contributed by atoms with van der Waals surface area (Å²) in [4.78, 5) is 14.1. The first kappa shape index (κ1) is 18.0. The monoisotopic (exact) mass is 377 g/mol. The number of aliphatic hydroxyl groups is 1. The highest BCUT2D eigenvalue weighted by Gasteiger charge is 2.46. The smallest absolute Gasteiger partial charge is 0.232 e. The molecule has 3 aromatic rings. The van der Waals surface area contributed by atoms with Crippen LogP contribution in [-0.4, -0.2) is 17.6 Å². The van der Waals surface area contributed by atoms with Crippen molar-refractivity contribution in [2.45, 2.75) is 24.4 Å². The lowest BCUT2D eigenvalue weighted by atomic mass is 9.89. The lowest BCUT2D eigenvalue weighted by Crippen LogP contribution is -2.43. The molecule has 0 spiro atoms. The van der Waals surface area contributed by atoms with E-state index in [1.54, 1.807) is 11.3 Å². The number of rotatable bonds is 7. The van der Waals surface area contributed by atoms with E-state index in [-0.39, 0.29) is 24.3 Å². The van der Waals surface area contributed by atoms with Crippen LogP contribution in [0.4, 0.5) is 0 Å². The summed E-state index contributed by atoms with van der Waals surface area (Å²) >= 11 is 1.55. The molecule has 0 radical (unpaired) electrons. The van der Waals surface area contributed by atoms with Gasteiger partial charge in [0.15, 0.2) is 0 Å². The van der Waals surface area contributed by atoms with E-state index < -0.39 is 5.60 Å². The van der Waals surface area contributed by atoms with Crippen LogP contribution < -0.4 is 5.32 Å². The van der Waals surface area contributed by atoms with E-state index in [1.165, 1.54) is 0 Å². The van der Waals surface area contributed by atoms with Gasteiger partial charge in [-0.05, 0) is 41.3 Å². The summed E-state index contributed by atoms with van der Waals surface area (Å²) in [6, 6.07) is 23.5. The maximum atomic E-state index is 13.2. The van der Waals surface area contributed by atoms with Crippen LogP contribution in [0.2, 0.25) is 0 Å². The summed E-state index contributed by atoms with van der Waals surface area (Å²) < 4.78 is 0. The zero-order chi connectivity index (χ0) is 18.7. The van der Waals surface area contributed by atoms with Gasteiger partial charge in [-0.25, -0.2) is 0 Å². The van der Waals surface area contributed by atoms with Gasteiger partial charge in [0.1, 0.15) is 5.60 Å². The van der Waals surface area contributed by atoms with Crippen LogP contribution in [-0.2, 0) is 10.4 Å². The second-order valence-corrected chi connectivity index (χ2v) is 8.10. The molecule has 1 aliphatic rings. The molecule has 0 saturated heterocycles. The van der Waals surface area contributed by atoms with Crippen molar-refractivity contribution < 1.29 is 9.90 Å². The number of carbonyl (C=O) groups is 1. The van der Waals surface area contributed by atoms with E-state index in [9.17, 15) is 9.90 Å². The molecule has 4 heteroatoms. The van der Waals surface area contributed by atoms with E-state index in [1.807, 2.05) is 78.2 Å². The molecule has 0 aliphatic heterocycles. The lowest BCUT2D eigenvalue weighted by Gasteiger charge is -2.28. The van der Waals surface area contributed by atoms with Crippen LogP contribution in [0.15, 0.2) is 78.2 Å². The summed E-state index contributed by atoms with van der Waals surface area (Å²) in [5.74, 6) is -0.245. The van der Waals surface area contributed by atoms with Gasteiger partial charge in [-0.3, -0.25) is 4.79 Å². The van der Waals surface area contributed by atoms with Gasteiger partial charge in [-0.15, -0.1) is 11.3 Å². The van der Waals surface area contributed by atoms with Gasteiger partial charge in [-0.2, -0.15) is 0 Å². The summed E-state index contributed by atoms with van der Waals surface area (Å²) in [6.45, 7) is 0.243. The Morgan fingerprint density at radius 3 is 2.07 bits per heavy atom. The Morgan fingerprint density at radius 1 is 1.00 bits per heavy atom. The number of benzene rings is 2. The van der Waals surface area contributed by atoms with E-state index in [4.69, 9.17) is 0 Å². The van der Waals surface area contributed by atoms with Crippen molar-refractivity contribution >= 4 is 17.2 Å². The number of amides is 1. The van der Waals surface area contributed by atoms with Crippen LogP contribution in [0.1, 0.15) is 34.8 Å². The Balaban J connectivity index is 1.57. The predicted octanol–water partition coefficient (Wildman–Crippen LogP) is 4.29. The minimum atomic E-state index is -0.970. The molecule has 1 heterocycles. The molecular formula is C23H23NO2S. The highest BCUT2D eigenvalue weighted by Crippen LogP contribution is 2.46. The highest BCUT2D eigenvalue weighted by molar-refractivity contribution is 7.10. The number of thiophene rings is 1. The number of hydrogen-bond acceptors (Lipinski definition) is 3. The van der Waals surface area contributed by atoms with Crippen molar-refractivity contribution in [2.24, 2.45) is 5.92 Å². The van der Waals surface area contributed by atoms with Crippen LogP contribution in [0.3, 0.4) is 0 Å². The molecule has 2 aromatic carbocycles. The van der Waals surface area contributed by atoms with Crippen LogP contribution in [0, 0.1) is 5.92 Å². The molecule has 1 aromatic heterocycles. The summed E-state index contributed by atoms with van der Waals surface area (Å²) in [5, 5.41) is 16.3. The van der Waals surface area contributed by atoms with Gasteiger partial charge in [0.2, 0.25) is 5.91 Å². The molecule has 1 atom stereocenters. The number of carbonyl (C=O) groups excluding carboxylic acids is 1. The Morgan fingerprint density at radius 2 is 1.59 bits per heavy atom. The van der Waals surface area contributed by atoms with Crippen molar-refractivity contribution in [3.8, 4) is 0 Å². The fourth-order valence-electron chi connectivity index (χ4n) is 3.63. The maximum Gasteiger partial charge on any atom is 0.232 e. The summed E-state index contributed by atoms with van der Waals surface area (Å²) in [7, 11) is 0. The van der Waals surface area contributed by atoms with E-state index in [2.05, 4.69) is 5.32 Å². The molecule has 1 unspecified atom stereocenters. The molecule has 0 bridgehead atoms. The number of hydrogen-bond donors (Lipinski definition) is 2. The van der Waals surface area contributed by atoms with Crippen molar-refractivity contribution in [1.82, 2.24) is 5.32 Å². The molecule has 4 rings (SSSR count).